The summed E-state index contributed by atoms with van der Waals surface area (Å²) in [5, 5.41) is 71.5. The van der Waals surface area contributed by atoms with Gasteiger partial charge in [0.15, 0.2) is 6.29 Å². The Kier molecular flexibility index (Phi) is 12.0. The maximum atomic E-state index is 13.9. The van der Waals surface area contributed by atoms with Gasteiger partial charge in [-0.2, -0.15) is 0 Å². The van der Waals surface area contributed by atoms with Crippen LogP contribution in [-0.2, 0) is 36.3 Å². The summed E-state index contributed by atoms with van der Waals surface area (Å²) in [6.07, 6.45) is -10.6. The third-order valence-corrected chi connectivity index (χ3v) is 9.44. The molecule has 14 heteroatoms. The number of ether oxygens (including phenoxy) is 2. The van der Waals surface area contributed by atoms with Gasteiger partial charge in [0, 0.05) is 6.54 Å². The van der Waals surface area contributed by atoms with Crippen molar-refractivity contribution in [1.29, 1.82) is 0 Å². The molecule has 42 heavy (non-hydrogen) atoms. The molecule has 0 spiro atoms. The topological polar surface area (TPSA) is 199 Å². The van der Waals surface area contributed by atoms with E-state index in [2.05, 4.69) is 0 Å². The van der Waals surface area contributed by atoms with Gasteiger partial charge in [0.25, 0.3) is 0 Å². The van der Waals surface area contributed by atoms with Crippen molar-refractivity contribution in [1.82, 2.24) is 4.90 Å². The molecule has 4 rings (SSSR count). The Labute approximate surface area is 244 Å². The normalized spacial score (nSPS) is 32.3. The van der Waals surface area contributed by atoms with Crippen molar-refractivity contribution in [3.63, 3.8) is 0 Å². The van der Waals surface area contributed by atoms with Crippen LogP contribution in [0.25, 0.3) is 0 Å². The van der Waals surface area contributed by atoms with Gasteiger partial charge in [0.05, 0.1) is 57.4 Å². The molecule has 2 fully saturated rings. The third kappa shape index (κ3) is 7.82. The number of nitrogens with zero attached hydrogens (tertiary/aromatic N) is 1. The highest BCUT2D eigenvalue weighted by Gasteiger charge is 2.52. The van der Waals surface area contributed by atoms with E-state index in [-0.39, 0.29) is 25.9 Å². The van der Waals surface area contributed by atoms with Crippen LogP contribution in [0.1, 0.15) is 11.1 Å². The maximum Gasteiger partial charge on any atom is 0.332 e. The molecule has 0 aromatic heterocycles. The summed E-state index contributed by atoms with van der Waals surface area (Å²) in [5.41, 5.74) is 1.57. The highest BCUT2D eigenvalue weighted by molar-refractivity contribution is 7.53. The number of likely N-dealkylation sites (tertiary alicyclic amines) is 1. The number of hydrogen-bond donors (Lipinski definition) is 7. The number of benzene rings is 2. The maximum absolute atomic E-state index is 13.9. The fourth-order valence-corrected chi connectivity index (χ4v) is 6.74. The monoisotopic (exact) mass is 613 g/mol. The molecule has 0 unspecified atom stereocenters. The van der Waals surface area contributed by atoms with E-state index >= 15 is 0 Å². The molecule has 7 N–H and O–H groups in total. The molecule has 2 aromatic rings. The average molecular weight is 614 g/mol. The molecule has 2 aliphatic heterocycles. The van der Waals surface area contributed by atoms with Crippen molar-refractivity contribution in [2.45, 2.75) is 68.2 Å². The van der Waals surface area contributed by atoms with E-state index in [0.717, 1.165) is 11.1 Å². The molecule has 0 aliphatic carbocycles. The van der Waals surface area contributed by atoms with Gasteiger partial charge in [-0.05, 0) is 11.1 Å². The quantitative estimate of drug-likeness (QED) is 0.131. The van der Waals surface area contributed by atoms with Crippen LogP contribution in [0.4, 0.5) is 0 Å². The van der Waals surface area contributed by atoms with Gasteiger partial charge in [-0.25, -0.2) is 0 Å². The molecule has 2 aliphatic rings. The third-order valence-electron chi connectivity index (χ3n) is 7.65. The predicted molar refractivity (Wildman–Crippen MR) is 148 cm³/mol. The summed E-state index contributed by atoms with van der Waals surface area (Å²) in [5.74, 6) is 0. The Morgan fingerprint density at radius 2 is 1.26 bits per heavy atom. The van der Waals surface area contributed by atoms with Crippen LogP contribution in [0.2, 0.25) is 0 Å². The van der Waals surface area contributed by atoms with Gasteiger partial charge < -0.3 is 54.3 Å². The van der Waals surface area contributed by atoms with Crippen molar-refractivity contribution in [3.05, 3.63) is 71.8 Å². The van der Waals surface area contributed by atoms with Crippen LogP contribution in [0.3, 0.4) is 0 Å². The summed E-state index contributed by atoms with van der Waals surface area (Å²) < 4.78 is 36.8. The SMILES string of the molecule is O=P(CCN1[C@H](CO)[C@@H](O)[C@H](O[C@H]2O[C@H](CO)[C@@H](O)[C@H](O)[C@H]2O)[C@H]1CO)(OCc1ccccc1)OCc1ccccc1. The van der Waals surface area contributed by atoms with E-state index in [0.29, 0.717) is 0 Å². The zero-order valence-corrected chi connectivity index (χ0v) is 23.9. The van der Waals surface area contributed by atoms with Gasteiger partial charge in [-0.3, -0.25) is 9.46 Å². The van der Waals surface area contributed by atoms with Gasteiger partial charge in [-0.15, -0.1) is 0 Å². The molecule has 0 saturated carbocycles. The second-order valence-corrected chi connectivity index (χ2v) is 12.6. The van der Waals surface area contributed by atoms with Crippen LogP contribution >= 0.6 is 7.60 Å². The first-order valence-corrected chi connectivity index (χ1v) is 15.5. The Balaban J connectivity index is 1.48. The molecule has 0 bridgehead atoms. The zero-order chi connectivity index (χ0) is 30.3. The van der Waals surface area contributed by atoms with Gasteiger partial charge >= 0.3 is 7.60 Å². The van der Waals surface area contributed by atoms with Crippen LogP contribution in [0.15, 0.2) is 60.7 Å². The second-order valence-electron chi connectivity index (χ2n) is 10.4. The molecule has 2 heterocycles. The summed E-state index contributed by atoms with van der Waals surface area (Å²) in [4.78, 5) is 1.53. The van der Waals surface area contributed by atoms with Crippen LogP contribution in [-0.4, -0.2) is 128 Å². The minimum atomic E-state index is -3.77. The Hall–Kier alpha value is -1.81. The molecular formula is C28H40NO12P. The average Bonchev–Trinajstić information content (AvgIpc) is 3.28. The first-order valence-electron chi connectivity index (χ1n) is 13.8. The Bertz CT molecular complexity index is 1080. The van der Waals surface area contributed by atoms with E-state index in [1.165, 1.54) is 4.90 Å². The molecular weight excluding hydrogens is 573 g/mol. The summed E-state index contributed by atoms with van der Waals surface area (Å²) in [6, 6.07) is 16.4. The van der Waals surface area contributed by atoms with Crippen molar-refractivity contribution >= 4 is 7.60 Å². The largest absolute Gasteiger partial charge is 0.395 e. The lowest BCUT2D eigenvalue weighted by atomic mass is 9.99. The van der Waals surface area contributed by atoms with E-state index in [1.54, 1.807) is 0 Å². The lowest BCUT2D eigenvalue weighted by Gasteiger charge is -2.41. The standard InChI is InChI=1S/C28H40NO12P/c30-13-20-23(33)27(41-28-26(36)25(35)24(34)22(15-32)40-28)21(14-31)29(20)11-12-42(37,38-16-18-7-3-1-4-8-18)39-17-19-9-5-2-6-10-19/h1-10,20-28,30-36H,11-17H2/t20-,21-,22-,23-,24-,25+,26-,27-,28-/m1/s1. The molecule has 2 aromatic carbocycles. The van der Waals surface area contributed by atoms with Crippen LogP contribution < -0.4 is 0 Å². The lowest BCUT2D eigenvalue weighted by Crippen LogP contribution is -2.60. The van der Waals surface area contributed by atoms with Crippen molar-refractivity contribution < 1.29 is 58.8 Å². The van der Waals surface area contributed by atoms with Gasteiger partial charge in [0.2, 0.25) is 0 Å². The molecule has 9 atom stereocenters. The summed E-state index contributed by atoms with van der Waals surface area (Å²) in [7, 11) is -3.77. The molecule has 234 valence electrons. The van der Waals surface area contributed by atoms with Crippen molar-refractivity contribution in [2.24, 2.45) is 0 Å². The fourth-order valence-electron chi connectivity index (χ4n) is 5.24. The molecule has 13 nitrogen and oxygen atoms in total. The number of aliphatic hydroxyl groups is 7. The predicted octanol–water partition coefficient (Wildman–Crippen LogP) is -0.803. The van der Waals surface area contributed by atoms with E-state index in [9.17, 15) is 40.3 Å². The van der Waals surface area contributed by atoms with Crippen LogP contribution in [0.5, 0.6) is 0 Å². The number of rotatable bonds is 14. The minimum absolute atomic E-state index is 0.0191. The zero-order valence-electron chi connectivity index (χ0n) is 23.0. The number of aliphatic hydroxyl groups excluding tert-OH is 7. The van der Waals surface area contributed by atoms with E-state index in [1.807, 2.05) is 60.7 Å². The number of hydrogen-bond acceptors (Lipinski definition) is 13. The van der Waals surface area contributed by atoms with Gasteiger partial charge in [0.1, 0.15) is 30.5 Å². The molecule has 0 amide bonds. The fraction of sp³-hybridized carbons (Fsp3) is 0.571. The smallest absolute Gasteiger partial charge is 0.332 e. The highest BCUT2D eigenvalue weighted by Crippen LogP contribution is 2.50. The Morgan fingerprint density at radius 3 is 1.76 bits per heavy atom. The van der Waals surface area contributed by atoms with Crippen molar-refractivity contribution in [3.8, 4) is 0 Å². The lowest BCUT2D eigenvalue weighted by molar-refractivity contribution is -0.317. The van der Waals surface area contributed by atoms with Gasteiger partial charge in [-0.1, -0.05) is 60.7 Å². The first kappa shape index (κ1) is 33.1. The summed E-state index contributed by atoms with van der Waals surface area (Å²) in [6.45, 7) is -1.78. The molecule has 0 radical (unpaired) electrons. The molecule has 2 saturated heterocycles. The Morgan fingerprint density at radius 1 is 0.714 bits per heavy atom. The first-order chi connectivity index (χ1) is 20.2. The summed E-state index contributed by atoms with van der Waals surface area (Å²) >= 11 is 0. The van der Waals surface area contributed by atoms with E-state index < -0.39 is 82.4 Å². The van der Waals surface area contributed by atoms with Crippen LogP contribution in [0, 0.1) is 0 Å². The van der Waals surface area contributed by atoms with Crippen molar-refractivity contribution in [2.75, 3.05) is 32.5 Å². The minimum Gasteiger partial charge on any atom is -0.395 e. The highest BCUT2D eigenvalue weighted by atomic mass is 31.2. The van der Waals surface area contributed by atoms with E-state index in [4.69, 9.17) is 18.5 Å². The second kappa shape index (κ2) is 15.3.